The highest BCUT2D eigenvalue weighted by Crippen LogP contribution is 2.54. The van der Waals surface area contributed by atoms with Crippen LogP contribution in [0.1, 0.15) is 25.0 Å². The summed E-state index contributed by atoms with van der Waals surface area (Å²) < 4.78 is 2.47. The molecule has 1 heterocycles. The summed E-state index contributed by atoms with van der Waals surface area (Å²) in [6.07, 6.45) is 0. The highest BCUT2D eigenvalue weighted by Gasteiger charge is 2.38. The molecule has 246 valence electrons. The van der Waals surface area contributed by atoms with Crippen molar-refractivity contribution in [2.45, 2.75) is 19.3 Å². The second-order valence-corrected chi connectivity index (χ2v) is 14.6. The molecule has 0 saturated carbocycles. The van der Waals surface area contributed by atoms with E-state index in [0.717, 1.165) is 0 Å². The van der Waals surface area contributed by atoms with E-state index >= 15 is 0 Å². The molecule has 1 aliphatic carbocycles. The van der Waals surface area contributed by atoms with Crippen molar-refractivity contribution in [2.75, 3.05) is 0 Å². The van der Waals surface area contributed by atoms with Crippen molar-refractivity contribution in [1.29, 1.82) is 0 Å². The highest BCUT2D eigenvalue weighted by molar-refractivity contribution is 6.15. The molecular formula is C51H37N. The first-order valence-corrected chi connectivity index (χ1v) is 18.2. The van der Waals surface area contributed by atoms with Crippen LogP contribution in [0.4, 0.5) is 0 Å². The van der Waals surface area contributed by atoms with E-state index in [2.05, 4.69) is 206 Å². The number of hydrogen-bond acceptors (Lipinski definition) is 0. The first kappa shape index (κ1) is 30.4. The summed E-state index contributed by atoms with van der Waals surface area (Å²) in [5, 5.41) is 2.62. The summed E-state index contributed by atoms with van der Waals surface area (Å²) in [5.41, 5.74) is 18.8. The van der Waals surface area contributed by atoms with Crippen LogP contribution in [0.3, 0.4) is 0 Å². The highest BCUT2D eigenvalue weighted by atomic mass is 15.0. The number of hydrogen-bond donors (Lipinski definition) is 0. The lowest BCUT2D eigenvalue weighted by Crippen LogP contribution is -2.15. The van der Waals surface area contributed by atoms with Crippen LogP contribution in [0.25, 0.3) is 83.1 Å². The Hall–Kier alpha value is -6.44. The first-order chi connectivity index (χ1) is 25.5. The van der Waals surface area contributed by atoms with Gasteiger partial charge in [0, 0.05) is 21.9 Å². The lowest BCUT2D eigenvalue weighted by molar-refractivity contribution is 0.667. The quantitative estimate of drug-likeness (QED) is 0.173. The normalized spacial score (nSPS) is 13.0. The van der Waals surface area contributed by atoms with E-state index < -0.39 is 0 Å². The Morgan fingerprint density at radius 2 is 0.788 bits per heavy atom. The van der Waals surface area contributed by atoms with Crippen molar-refractivity contribution < 1.29 is 0 Å². The molecule has 52 heavy (non-hydrogen) atoms. The maximum Gasteiger partial charge on any atom is 0.0544 e. The van der Waals surface area contributed by atoms with Crippen LogP contribution in [-0.2, 0) is 5.41 Å². The summed E-state index contributed by atoms with van der Waals surface area (Å²) in [4.78, 5) is 0. The first-order valence-electron chi connectivity index (χ1n) is 18.2. The zero-order valence-corrected chi connectivity index (χ0v) is 29.3. The second-order valence-electron chi connectivity index (χ2n) is 14.6. The van der Waals surface area contributed by atoms with E-state index in [1.54, 1.807) is 0 Å². The lowest BCUT2D eigenvalue weighted by Gasteiger charge is -2.23. The summed E-state index contributed by atoms with van der Waals surface area (Å²) in [6.45, 7) is 4.83. The van der Waals surface area contributed by atoms with Crippen LogP contribution in [0.2, 0.25) is 0 Å². The van der Waals surface area contributed by atoms with Gasteiger partial charge in [0.25, 0.3) is 0 Å². The van der Waals surface area contributed by atoms with Crippen molar-refractivity contribution in [3.8, 4) is 61.3 Å². The molecule has 0 N–H and O–H groups in total. The molecule has 0 spiro atoms. The van der Waals surface area contributed by atoms with Crippen molar-refractivity contribution in [1.82, 2.24) is 4.57 Å². The lowest BCUT2D eigenvalue weighted by atomic mass is 9.79. The van der Waals surface area contributed by atoms with Gasteiger partial charge in [-0.1, -0.05) is 166 Å². The van der Waals surface area contributed by atoms with Crippen molar-refractivity contribution >= 4 is 21.8 Å². The van der Waals surface area contributed by atoms with Gasteiger partial charge in [0.2, 0.25) is 0 Å². The van der Waals surface area contributed by atoms with E-state index in [9.17, 15) is 0 Å². The largest absolute Gasteiger partial charge is 0.309 e. The van der Waals surface area contributed by atoms with Gasteiger partial charge in [0.1, 0.15) is 0 Å². The molecule has 0 unspecified atom stereocenters. The average molecular weight is 664 g/mol. The number of benzene rings is 8. The molecule has 8 aromatic carbocycles. The van der Waals surface area contributed by atoms with Gasteiger partial charge < -0.3 is 4.57 Å². The Morgan fingerprint density at radius 3 is 1.38 bits per heavy atom. The molecule has 0 radical (unpaired) electrons. The monoisotopic (exact) mass is 663 g/mol. The van der Waals surface area contributed by atoms with Crippen LogP contribution in [0.5, 0.6) is 0 Å². The van der Waals surface area contributed by atoms with Gasteiger partial charge in [-0.3, -0.25) is 0 Å². The molecule has 0 atom stereocenters. The Bertz CT molecular complexity index is 2750. The molecule has 0 amide bonds. The summed E-state index contributed by atoms with van der Waals surface area (Å²) in [7, 11) is 0. The fourth-order valence-corrected chi connectivity index (χ4v) is 8.60. The van der Waals surface area contributed by atoms with Gasteiger partial charge in [0.05, 0.1) is 11.0 Å². The Balaban J connectivity index is 1.18. The summed E-state index contributed by atoms with van der Waals surface area (Å²) in [6, 6.07) is 68.9. The third-order valence-corrected chi connectivity index (χ3v) is 11.2. The molecule has 0 bridgehead atoms. The zero-order valence-electron chi connectivity index (χ0n) is 29.3. The fourth-order valence-electron chi connectivity index (χ4n) is 8.60. The molecule has 0 saturated heterocycles. The minimum Gasteiger partial charge on any atom is -0.309 e. The molecule has 0 aliphatic heterocycles. The van der Waals surface area contributed by atoms with Gasteiger partial charge in [0.15, 0.2) is 0 Å². The molecule has 1 aliphatic rings. The number of nitrogens with zero attached hydrogens (tertiary/aromatic N) is 1. The van der Waals surface area contributed by atoms with Crippen LogP contribution < -0.4 is 0 Å². The number of rotatable bonds is 5. The zero-order chi connectivity index (χ0) is 34.8. The van der Waals surface area contributed by atoms with Gasteiger partial charge in [-0.2, -0.15) is 0 Å². The van der Waals surface area contributed by atoms with Crippen molar-refractivity contribution in [3.63, 3.8) is 0 Å². The fraction of sp³-hybridized carbons (Fsp3) is 0.0588. The van der Waals surface area contributed by atoms with Gasteiger partial charge in [-0.05, 0) is 103 Å². The smallest absolute Gasteiger partial charge is 0.0544 e. The molecular weight excluding hydrogens is 627 g/mol. The van der Waals surface area contributed by atoms with Crippen LogP contribution in [0, 0.1) is 0 Å². The van der Waals surface area contributed by atoms with Crippen molar-refractivity contribution in [2.24, 2.45) is 0 Å². The molecule has 9 aromatic rings. The number of aromatic nitrogens is 1. The van der Waals surface area contributed by atoms with Gasteiger partial charge >= 0.3 is 0 Å². The third kappa shape index (κ3) is 4.77. The maximum atomic E-state index is 2.47. The molecule has 1 heteroatoms. The third-order valence-electron chi connectivity index (χ3n) is 11.2. The van der Waals surface area contributed by atoms with E-state index in [-0.39, 0.29) is 5.41 Å². The van der Waals surface area contributed by atoms with Crippen LogP contribution in [0.15, 0.2) is 188 Å². The molecule has 1 aromatic heterocycles. The molecule has 0 fully saturated rings. The van der Waals surface area contributed by atoms with Crippen molar-refractivity contribution in [3.05, 3.63) is 199 Å². The average Bonchev–Trinajstić information content (AvgIpc) is 3.66. The van der Waals surface area contributed by atoms with Crippen LogP contribution in [-0.4, -0.2) is 4.57 Å². The minimum absolute atomic E-state index is 0.196. The van der Waals surface area contributed by atoms with Crippen LogP contribution >= 0.6 is 0 Å². The summed E-state index contributed by atoms with van der Waals surface area (Å²) in [5.74, 6) is 0. The van der Waals surface area contributed by atoms with E-state index in [1.807, 2.05) is 0 Å². The predicted molar refractivity (Wildman–Crippen MR) is 220 cm³/mol. The molecule has 10 rings (SSSR count). The SMILES string of the molecule is CC1(C)c2cc(-c3ccccc3)ccc2-c2ccc3c(c21)c1cc(-c2ccc(-c4ccccc4)cc2)ccc1n3-c1ccc(-c2ccccc2)cc1. The minimum atomic E-state index is -0.196. The van der Waals surface area contributed by atoms with E-state index in [4.69, 9.17) is 0 Å². The Kier molecular flexibility index (Phi) is 6.91. The van der Waals surface area contributed by atoms with E-state index in [0.29, 0.717) is 0 Å². The predicted octanol–water partition coefficient (Wildman–Crippen LogP) is 13.8. The topological polar surface area (TPSA) is 4.93 Å². The maximum absolute atomic E-state index is 2.47. The standard InChI is InChI=1S/C51H37N/c1-51(2)46-33-41(36-16-10-5-11-17-36)24-28-43(46)44-29-31-48-49(50(44)51)45-32-40(39-20-18-37(19-21-39)34-12-6-3-7-13-34)25-30-47(45)52(48)42-26-22-38(23-27-42)35-14-8-4-9-15-35/h3-33H,1-2H3. The molecule has 1 nitrogen and oxygen atoms in total. The number of fused-ring (bicyclic) bond motifs is 7. The Morgan fingerprint density at radius 1 is 0.365 bits per heavy atom. The van der Waals surface area contributed by atoms with Gasteiger partial charge in [-0.25, -0.2) is 0 Å². The summed E-state index contributed by atoms with van der Waals surface area (Å²) >= 11 is 0. The van der Waals surface area contributed by atoms with Gasteiger partial charge in [-0.15, -0.1) is 0 Å². The Labute approximate surface area is 305 Å². The second kappa shape index (κ2) is 11.8. The van der Waals surface area contributed by atoms with E-state index in [1.165, 1.54) is 94.3 Å².